The van der Waals surface area contributed by atoms with Crippen molar-refractivity contribution < 1.29 is 5.11 Å². The molecule has 96 valence electrons. The van der Waals surface area contributed by atoms with Gasteiger partial charge in [-0.1, -0.05) is 38.5 Å². The number of aliphatic hydroxyl groups excluding tert-OH is 1. The van der Waals surface area contributed by atoms with Crippen LogP contribution in [0.4, 0.5) is 0 Å². The van der Waals surface area contributed by atoms with Gasteiger partial charge >= 0.3 is 0 Å². The molecule has 2 rings (SSSR count). The molecule has 0 amide bonds. The molecule has 3 unspecified atom stereocenters. The first-order chi connectivity index (χ1) is 7.84. The molecule has 17 heavy (non-hydrogen) atoms. The Hall–Kier alpha value is -0.560. The summed E-state index contributed by atoms with van der Waals surface area (Å²) in [7, 11) is 0. The minimum atomic E-state index is -0.218. The predicted molar refractivity (Wildman–Crippen MR) is 72.7 cm³/mol. The first-order valence-electron chi connectivity index (χ1n) is 6.87. The summed E-state index contributed by atoms with van der Waals surface area (Å²) in [5.41, 5.74) is 3.03. The van der Waals surface area contributed by atoms with Crippen molar-refractivity contribution in [1.29, 1.82) is 0 Å². The van der Waals surface area contributed by atoms with E-state index in [1.54, 1.807) is 0 Å². The van der Waals surface area contributed by atoms with Gasteiger partial charge in [0.1, 0.15) is 0 Å². The molecule has 0 aliphatic heterocycles. The largest absolute Gasteiger partial charge is 0.388 e. The highest BCUT2D eigenvalue weighted by Crippen LogP contribution is 2.50. The van der Waals surface area contributed by atoms with E-state index in [4.69, 9.17) is 0 Å². The molecule has 0 fully saturated rings. The van der Waals surface area contributed by atoms with Crippen molar-refractivity contribution >= 4 is 0 Å². The van der Waals surface area contributed by atoms with E-state index in [0.29, 0.717) is 23.2 Å². The molecule has 0 aromatic heterocycles. The fourth-order valence-electron chi connectivity index (χ4n) is 3.66. The summed E-state index contributed by atoms with van der Waals surface area (Å²) < 4.78 is 0. The summed E-state index contributed by atoms with van der Waals surface area (Å²) in [5, 5.41) is 10.0. The van der Waals surface area contributed by atoms with Gasteiger partial charge in [0.25, 0.3) is 0 Å². The smallest absolute Gasteiger partial charge is 0.0773 e. The van der Waals surface area contributed by atoms with Crippen LogP contribution in [0.25, 0.3) is 0 Å². The highest BCUT2D eigenvalue weighted by atomic mass is 16.3. The highest BCUT2D eigenvalue weighted by molar-refractivity contribution is 5.23. The maximum Gasteiger partial charge on any atom is 0.0773 e. The first-order valence-corrected chi connectivity index (χ1v) is 6.87. The zero-order chi connectivity index (χ0) is 12.8. The van der Waals surface area contributed by atoms with Crippen molar-refractivity contribution in [1.82, 2.24) is 0 Å². The first kappa shape index (κ1) is 12.9. The number of hydrogen-bond donors (Lipinski definition) is 1. The molecule has 0 spiro atoms. The van der Waals surface area contributed by atoms with E-state index in [-0.39, 0.29) is 6.10 Å². The lowest BCUT2D eigenvalue weighted by atomic mass is 9.66. The minimum Gasteiger partial charge on any atom is -0.388 e. The molecule has 0 bridgehead atoms. The fourth-order valence-corrected chi connectivity index (χ4v) is 3.66. The Bertz CT molecular complexity index is 362. The molecule has 1 N–H and O–H groups in total. The third-order valence-electron chi connectivity index (χ3n) is 5.26. The number of allylic oxidation sites excluding steroid dienone is 3. The molecule has 0 heterocycles. The van der Waals surface area contributed by atoms with Crippen molar-refractivity contribution in [3.8, 4) is 0 Å². The van der Waals surface area contributed by atoms with Crippen LogP contribution in [-0.2, 0) is 0 Å². The van der Waals surface area contributed by atoms with Crippen molar-refractivity contribution in [2.24, 2.45) is 23.2 Å². The van der Waals surface area contributed by atoms with Crippen LogP contribution in [0, 0.1) is 23.2 Å². The van der Waals surface area contributed by atoms with Crippen molar-refractivity contribution in [2.45, 2.75) is 53.6 Å². The second-order valence-corrected chi connectivity index (χ2v) is 6.68. The van der Waals surface area contributed by atoms with Gasteiger partial charge in [0.2, 0.25) is 0 Å². The van der Waals surface area contributed by atoms with E-state index in [1.165, 1.54) is 17.6 Å². The quantitative estimate of drug-likeness (QED) is 0.681. The molecular formula is C16H26O. The van der Waals surface area contributed by atoms with Gasteiger partial charge in [0.05, 0.1) is 6.10 Å². The van der Waals surface area contributed by atoms with E-state index in [0.717, 1.165) is 6.42 Å². The van der Waals surface area contributed by atoms with Crippen LogP contribution in [-0.4, -0.2) is 11.2 Å². The Morgan fingerprint density at radius 3 is 2.41 bits per heavy atom. The van der Waals surface area contributed by atoms with Crippen LogP contribution in [0.2, 0.25) is 0 Å². The van der Waals surface area contributed by atoms with Crippen LogP contribution < -0.4 is 0 Å². The van der Waals surface area contributed by atoms with E-state index >= 15 is 0 Å². The summed E-state index contributed by atoms with van der Waals surface area (Å²) in [6.07, 6.45) is 6.86. The lowest BCUT2D eigenvalue weighted by Gasteiger charge is -2.39. The van der Waals surface area contributed by atoms with Gasteiger partial charge < -0.3 is 5.11 Å². The van der Waals surface area contributed by atoms with Crippen molar-refractivity contribution in [2.75, 3.05) is 0 Å². The fraction of sp³-hybridized carbons (Fsp3) is 0.750. The zero-order valence-electron chi connectivity index (χ0n) is 11.8. The Morgan fingerprint density at radius 2 is 1.94 bits per heavy atom. The average molecular weight is 234 g/mol. The average Bonchev–Trinajstić information content (AvgIpc) is 2.50. The second kappa shape index (κ2) is 4.28. The molecule has 2 aliphatic carbocycles. The molecule has 2 aliphatic rings. The normalized spacial score (nSPS) is 41.1. The minimum absolute atomic E-state index is 0.218. The van der Waals surface area contributed by atoms with E-state index < -0.39 is 0 Å². The lowest BCUT2D eigenvalue weighted by Crippen LogP contribution is -2.34. The summed E-state index contributed by atoms with van der Waals surface area (Å²) in [5.74, 6) is 1.76. The third-order valence-corrected chi connectivity index (χ3v) is 5.26. The summed E-state index contributed by atoms with van der Waals surface area (Å²) >= 11 is 0. The number of aliphatic hydroxyl groups is 1. The molecule has 4 atom stereocenters. The molecule has 0 aromatic carbocycles. The SMILES string of the molecule is CC1=CC([C@H]2CC=C(C)C2(C)C)CC(C)C1O. The molecule has 1 heteroatoms. The Labute approximate surface area is 106 Å². The van der Waals surface area contributed by atoms with Gasteiger partial charge in [0, 0.05) is 0 Å². The lowest BCUT2D eigenvalue weighted by molar-refractivity contribution is 0.102. The van der Waals surface area contributed by atoms with E-state index in [1.807, 2.05) is 0 Å². The van der Waals surface area contributed by atoms with Gasteiger partial charge in [-0.3, -0.25) is 0 Å². The Balaban J connectivity index is 2.21. The maximum absolute atomic E-state index is 10.0. The maximum atomic E-state index is 10.0. The van der Waals surface area contributed by atoms with Crippen LogP contribution in [0.1, 0.15) is 47.5 Å². The van der Waals surface area contributed by atoms with Crippen molar-refractivity contribution in [3.63, 3.8) is 0 Å². The van der Waals surface area contributed by atoms with Crippen LogP contribution in [0.15, 0.2) is 23.3 Å². The molecule has 0 radical (unpaired) electrons. The standard InChI is InChI=1S/C16H26O/c1-10-8-13(9-11(2)15(10)17)14-7-6-12(3)16(14,4)5/h6,8,11,13-15,17H,7,9H2,1-5H3/t11?,13?,14-,15?/m1/s1. The van der Waals surface area contributed by atoms with Gasteiger partial charge in [0.15, 0.2) is 0 Å². The third kappa shape index (κ3) is 2.10. The summed E-state index contributed by atoms with van der Waals surface area (Å²) in [6, 6.07) is 0. The van der Waals surface area contributed by atoms with E-state index in [9.17, 15) is 5.11 Å². The van der Waals surface area contributed by atoms with Crippen LogP contribution in [0.3, 0.4) is 0 Å². The molecule has 0 saturated carbocycles. The summed E-state index contributed by atoms with van der Waals surface area (Å²) in [6.45, 7) is 11.3. The Morgan fingerprint density at radius 1 is 1.29 bits per heavy atom. The topological polar surface area (TPSA) is 20.2 Å². The zero-order valence-corrected chi connectivity index (χ0v) is 11.8. The van der Waals surface area contributed by atoms with Gasteiger partial charge in [-0.25, -0.2) is 0 Å². The summed E-state index contributed by atoms with van der Waals surface area (Å²) in [4.78, 5) is 0. The molecule has 0 aromatic rings. The molecule has 0 saturated heterocycles. The molecular weight excluding hydrogens is 208 g/mol. The van der Waals surface area contributed by atoms with Gasteiger partial charge in [-0.2, -0.15) is 0 Å². The van der Waals surface area contributed by atoms with Crippen LogP contribution >= 0.6 is 0 Å². The number of rotatable bonds is 1. The van der Waals surface area contributed by atoms with Crippen molar-refractivity contribution in [3.05, 3.63) is 23.3 Å². The van der Waals surface area contributed by atoms with Gasteiger partial charge in [-0.05, 0) is 55.4 Å². The van der Waals surface area contributed by atoms with Gasteiger partial charge in [-0.15, -0.1) is 0 Å². The monoisotopic (exact) mass is 234 g/mol. The number of hydrogen-bond acceptors (Lipinski definition) is 1. The van der Waals surface area contributed by atoms with E-state index in [2.05, 4.69) is 46.8 Å². The highest BCUT2D eigenvalue weighted by Gasteiger charge is 2.41. The Kier molecular flexibility index (Phi) is 3.24. The predicted octanol–water partition coefficient (Wildman–Crippen LogP) is 3.94. The molecule has 1 nitrogen and oxygen atoms in total. The van der Waals surface area contributed by atoms with Crippen LogP contribution in [0.5, 0.6) is 0 Å². The second-order valence-electron chi connectivity index (χ2n) is 6.68.